The minimum Gasteiger partial charge on any atom is -0.381 e. The third-order valence-corrected chi connectivity index (χ3v) is 3.90. The van der Waals surface area contributed by atoms with Gasteiger partial charge >= 0.3 is 6.18 Å². The van der Waals surface area contributed by atoms with Crippen molar-refractivity contribution >= 4 is 11.6 Å². The van der Waals surface area contributed by atoms with Crippen LogP contribution in [0.5, 0.6) is 0 Å². The van der Waals surface area contributed by atoms with Crippen LogP contribution in [0, 0.1) is 0 Å². The van der Waals surface area contributed by atoms with Crippen LogP contribution < -0.4 is 5.32 Å². The van der Waals surface area contributed by atoms with Gasteiger partial charge in [0.1, 0.15) is 0 Å². The van der Waals surface area contributed by atoms with E-state index in [9.17, 15) is 18.0 Å². The Kier molecular flexibility index (Phi) is 4.57. The molecule has 5 nitrogen and oxygen atoms in total. The molecule has 1 aromatic carbocycles. The predicted molar refractivity (Wildman–Crippen MR) is 80.7 cm³/mol. The second-order valence-corrected chi connectivity index (χ2v) is 5.58. The number of anilines is 1. The molecular formula is C16H16F3N3O2. The molecule has 0 saturated carbocycles. The highest BCUT2D eigenvalue weighted by atomic mass is 19.4. The van der Waals surface area contributed by atoms with Gasteiger partial charge in [-0.15, -0.1) is 0 Å². The van der Waals surface area contributed by atoms with E-state index in [0.717, 1.165) is 37.1 Å². The molecule has 0 aliphatic carbocycles. The maximum atomic E-state index is 12.5. The lowest BCUT2D eigenvalue weighted by atomic mass is 10.1. The SMILES string of the molecule is O=C(Nc1cnn(C2CCOCC2)c1)c1ccc(C(F)(F)F)cc1. The summed E-state index contributed by atoms with van der Waals surface area (Å²) in [5, 5.41) is 6.87. The molecule has 1 fully saturated rings. The first kappa shape index (κ1) is 16.5. The molecule has 1 aliphatic rings. The summed E-state index contributed by atoms with van der Waals surface area (Å²) in [7, 11) is 0. The molecule has 0 bridgehead atoms. The van der Waals surface area contributed by atoms with Crippen LogP contribution in [-0.4, -0.2) is 28.9 Å². The van der Waals surface area contributed by atoms with Crippen molar-refractivity contribution in [3.05, 3.63) is 47.8 Å². The first-order valence-electron chi connectivity index (χ1n) is 7.54. The van der Waals surface area contributed by atoms with Gasteiger partial charge in [-0.3, -0.25) is 9.48 Å². The second-order valence-electron chi connectivity index (χ2n) is 5.58. The summed E-state index contributed by atoms with van der Waals surface area (Å²) in [5.74, 6) is -0.477. The van der Waals surface area contributed by atoms with E-state index < -0.39 is 17.6 Å². The van der Waals surface area contributed by atoms with Crippen molar-refractivity contribution in [1.29, 1.82) is 0 Å². The molecule has 1 amide bonds. The molecule has 8 heteroatoms. The van der Waals surface area contributed by atoms with Crippen molar-refractivity contribution in [2.24, 2.45) is 0 Å². The number of ether oxygens (including phenoxy) is 1. The minimum absolute atomic E-state index is 0.154. The molecule has 1 aromatic heterocycles. The van der Waals surface area contributed by atoms with Gasteiger partial charge in [-0.1, -0.05) is 0 Å². The van der Waals surface area contributed by atoms with Crippen molar-refractivity contribution < 1.29 is 22.7 Å². The van der Waals surface area contributed by atoms with Crippen LogP contribution in [0.4, 0.5) is 18.9 Å². The van der Waals surface area contributed by atoms with Gasteiger partial charge in [-0.05, 0) is 37.1 Å². The summed E-state index contributed by atoms with van der Waals surface area (Å²) in [6.45, 7) is 1.36. The lowest BCUT2D eigenvalue weighted by Crippen LogP contribution is -2.19. The van der Waals surface area contributed by atoms with Crippen LogP contribution in [0.15, 0.2) is 36.7 Å². The summed E-state index contributed by atoms with van der Waals surface area (Å²) < 4.78 is 44.7. The van der Waals surface area contributed by atoms with Gasteiger partial charge in [0.15, 0.2) is 0 Å². The summed E-state index contributed by atoms with van der Waals surface area (Å²) in [6.07, 6.45) is 0.539. The number of alkyl halides is 3. The molecule has 0 radical (unpaired) electrons. The molecule has 3 rings (SSSR count). The number of benzene rings is 1. The van der Waals surface area contributed by atoms with E-state index in [4.69, 9.17) is 4.74 Å². The average molecular weight is 339 g/mol. The molecule has 0 atom stereocenters. The van der Waals surface area contributed by atoms with E-state index in [2.05, 4.69) is 10.4 Å². The zero-order chi connectivity index (χ0) is 17.2. The highest BCUT2D eigenvalue weighted by molar-refractivity contribution is 6.04. The summed E-state index contributed by atoms with van der Waals surface area (Å²) in [6, 6.07) is 4.32. The van der Waals surface area contributed by atoms with Crippen molar-refractivity contribution in [2.75, 3.05) is 18.5 Å². The quantitative estimate of drug-likeness (QED) is 0.931. The number of nitrogens with zero attached hydrogens (tertiary/aromatic N) is 2. The fraction of sp³-hybridized carbons (Fsp3) is 0.375. The van der Waals surface area contributed by atoms with E-state index in [1.54, 1.807) is 10.9 Å². The third-order valence-electron chi connectivity index (χ3n) is 3.90. The maximum Gasteiger partial charge on any atom is 0.416 e. The molecular weight excluding hydrogens is 323 g/mol. The molecule has 1 N–H and O–H groups in total. The van der Waals surface area contributed by atoms with Gasteiger partial charge in [-0.25, -0.2) is 0 Å². The largest absolute Gasteiger partial charge is 0.416 e. The average Bonchev–Trinajstić information content (AvgIpc) is 3.03. The van der Waals surface area contributed by atoms with E-state index in [0.29, 0.717) is 18.9 Å². The number of hydrogen-bond acceptors (Lipinski definition) is 3. The molecule has 128 valence electrons. The molecule has 2 heterocycles. The number of nitrogens with one attached hydrogen (secondary N) is 1. The fourth-order valence-electron chi connectivity index (χ4n) is 2.57. The summed E-state index contributed by atoms with van der Waals surface area (Å²) in [4.78, 5) is 12.1. The van der Waals surface area contributed by atoms with Crippen LogP contribution in [0.3, 0.4) is 0 Å². The van der Waals surface area contributed by atoms with Gasteiger partial charge in [0.2, 0.25) is 0 Å². The molecule has 1 saturated heterocycles. The highest BCUT2D eigenvalue weighted by Gasteiger charge is 2.30. The number of rotatable bonds is 3. The Morgan fingerprint density at radius 3 is 2.50 bits per heavy atom. The van der Waals surface area contributed by atoms with E-state index in [1.807, 2.05) is 0 Å². The van der Waals surface area contributed by atoms with E-state index >= 15 is 0 Å². The Bertz CT molecular complexity index is 704. The van der Waals surface area contributed by atoms with Crippen molar-refractivity contribution in [3.63, 3.8) is 0 Å². The monoisotopic (exact) mass is 339 g/mol. The van der Waals surface area contributed by atoms with Gasteiger partial charge < -0.3 is 10.1 Å². The molecule has 24 heavy (non-hydrogen) atoms. The standard InChI is InChI=1S/C16H16F3N3O2/c17-16(18,19)12-3-1-11(2-4-12)15(23)21-13-9-20-22(10-13)14-5-7-24-8-6-14/h1-4,9-10,14H,5-8H2,(H,21,23). The fourth-order valence-corrected chi connectivity index (χ4v) is 2.57. The Morgan fingerprint density at radius 2 is 1.88 bits per heavy atom. The summed E-state index contributed by atoms with van der Waals surface area (Å²) in [5.41, 5.74) is -0.125. The summed E-state index contributed by atoms with van der Waals surface area (Å²) >= 11 is 0. The number of carbonyl (C=O) groups excluding carboxylic acids is 1. The van der Waals surface area contributed by atoms with E-state index in [1.165, 1.54) is 6.20 Å². The first-order valence-corrected chi connectivity index (χ1v) is 7.54. The Hall–Kier alpha value is -2.35. The number of aromatic nitrogens is 2. The number of halogens is 3. The maximum absolute atomic E-state index is 12.5. The number of hydrogen-bond donors (Lipinski definition) is 1. The van der Waals surface area contributed by atoms with Crippen LogP contribution in [-0.2, 0) is 10.9 Å². The Labute approximate surface area is 136 Å². The molecule has 0 spiro atoms. The third kappa shape index (κ3) is 3.76. The lowest BCUT2D eigenvalue weighted by Gasteiger charge is -2.22. The smallest absolute Gasteiger partial charge is 0.381 e. The molecule has 0 unspecified atom stereocenters. The lowest BCUT2D eigenvalue weighted by molar-refractivity contribution is -0.137. The number of carbonyl (C=O) groups is 1. The van der Waals surface area contributed by atoms with Crippen molar-refractivity contribution in [2.45, 2.75) is 25.1 Å². The predicted octanol–water partition coefficient (Wildman–Crippen LogP) is 3.51. The minimum atomic E-state index is -4.42. The zero-order valence-corrected chi connectivity index (χ0v) is 12.7. The molecule has 1 aliphatic heterocycles. The number of amides is 1. The topological polar surface area (TPSA) is 56.2 Å². The highest BCUT2D eigenvalue weighted by Crippen LogP contribution is 2.29. The zero-order valence-electron chi connectivity index (χ0n) is 12.7. The first-order chi connectivity index (χ1) is 11.4. The Morgan fingerprint density at radius 1 is 1.21 bits per heavy atom. The Balaban J connectivity index is 1.65. The second kappa shape index (κ2) is 6.64. The van der Waals surface area contributed by atoms with E-state index in [-0.39, 0.29) is 11.6 Å². The van der Waals surface area contributed by atoms with Crippen LogP contribution in [0.1, 0.15) is 34.8 Å². The van der Waals surface area contributed by atoms with Gasteiger partial charge in [0.25, 0.3) is 5.91 Å². The van der Waals surface area contributed by atoms with Crippen LogP contribution in [0.25, 0.3) is 0 Å². The van der Waals surface area contributed by atoms with Crippen molar-refractivity contribution in [1.82, 2.24) is 9.78 Å². The van der Waals surface area contributed by atoms with Crippen molar-refractivity contribution in [3.8, 4) is 0 Å². The van der Waals surface area contributed by atoms with Gasteiger partial charge in [0, 0.05) is 25.0 Å². The normalized spacial score (nSPS) is 16.1. The van der Waals surface area contributed by atoms with Gasteiger partial charge in [0.05, 0.1) is 23.5 Å². The van der Waals surface area contributed by atoms with Crippen LogP contribution in [0.2, 0.25) is 0 Å². The van der Waals surface area contributed by atoms with Crippen LogP contribution >= 0.6 is 0 Å². The van der Waals surface area contributed by atoms with Gasteiger partial charge in [-0.2, -0.15) is 18.3 Å². The molecule has 2 aromatic rings.